The number of aliphatic hydroxyl groups excluding tert-OH is 1. The third kappa shape index (κ3) is 3.51. The highest BCUT2D eigenvalue weighted by Crippen LogP contribution is 2.40. The maximum absolute atomic E-state index is 12.2. The Balaban J connectivity index is 2.61. The molecule has 3 atom stereocenters. The minimum Gasteiger partial charge on any atom is -0.492 e. The molecule has 1 aromatic heterocycles. The van der Waals surface area contributed by atoms with E-state index in [1.165, 1.54) is 27.9 Å². The van der Waals surface area contributed by atoms with Crippen LogP contribution in [0.15, 0.2) is 0 Å². The number of amides is 2. The van der Waals surface area contributed by atoms with Crippen molar-refractivity contribution in [2.45, 2.75) is 39.1 Å². The summed E-state index contributed by atoms with van der Waals surface area (Å²) in [4.78, 5) is 43.7. The van der Waals surface area contributed by atoms with Crippen molar-refractivity contribution in [2.24, 2.45) is 0 Å². The van der Waals surface area contributed by atoms with E-state index in [0.29, 0.717) is 0 Å². The Hall–Kier alpha value is -2.79. The van der Waals surface area contributed by atoms with Crippen LogP contribution in [0.2, 0.25) is 0 Å². The van der Waals surface area contributed by atoms with Crippen molar-refractivity contribution in [3.8, 4) is 5.88 Å². The molecular formula is C14H19N5O6. The van der Waals surface area contributed by atoms with Gasteiger partial charge in [-0.05, 0) is 6.92 Å². The van der Waals surface area contributed by atoms with Crippen LogP contribution >= 0.6 is 0 Å². The molecule has 0 radical (unpaired) electrons. The lowest BCUT2D eigenvalue weighted by molar-refractivity contribution is -0.129. The smallest absolute Gasteiger partial charge is 0.242 e. The van der Waals surface area contributed by atoms with E-state index in [-0.39, 0.29) is 17.5 Å². The first-order chi connectivity index (χ1) is 11.7. The highest BCUT2D eigenvalue weighted by molar-refractivity contribution is 6.00. The van der Waals surface area contributed by atoms with Crippen LogP contribution in [0.5, 0.6) is 5.88 Å². The molecule has 1 aliphatic rings. The summed E-state index contributed by atoms with van der Waals surface area (Å²) in [6.07, 6.45) is -2.56. The number of aromatic hydroxyl groups is 1. The molecule has 0 fully saturated rings. The van der Waals surface area contributed by atoms with Crippen LogP contribution in [0.4, 0.5) is 17.5 Å². The Morgan fingerprint density at radius 2 is 1.92 bits per heavy atom. The normalized spacial score (nSPS) is 20.3. The van der Waals surface area contributed by atoms with Gasteiger partial charge in [0, 0.05) is 21.0 Å². The highest BCUT2D eigenvalue weighted by atomic mass is 16.5. The van der Waals surface area contributed by atoms with Gasteiger partial charge in [-0.25, -0.2) is 0 Å². The zero-order valence-corrected chi connectivity index (χ0v) is 14.1. The fourth-order valence-corrected chi connectivity index (χ4v) is 2.60. The molecule has 4 N–H and O–H groups in total. The number of aliphatic hydroxyl groups is 1. The molecule has 0 saturated carbocycles. The van der Waals surface area contributed by atoms with Crippen molar-refractivity contribution in [1.82, 2.24) is 9.97 Å². The van der Waals surface area contributed by atoms with Crippen molar-refractivity contribution in [2.75, 3.05) is 22.6 Å². The van der Waals surface area contributed by atoms with Gasteiger partial charge >= 0.3 is 0 Å². The second-order valence-electron chi connectivity index (χ2n) is 5.48. The molecule has 0 spiro atoms. The number of rotatable bonds is 4. The summed E-state index contributed by atoms with van der Waals surface area (Å²) in [5.41, 5.74) is -0.125. The molecule has 2 heterocycles. The molecule has 2 amide bonds. The largest absolute Gasteiger partial charge is 0.492 e. The van der Waals surface area contributed by atoms with Gasteiger partial charge in [-0.15, -0.1) is 0 Å². The van der Waals surface area contributed by atoms with E-state index < -0.39 is 41.9 Å². The maximum Gasteiger partial charge on any atom is 0.242 e. The number of carbonyl (C=O) groups excluding carboxylic acids is 3. The maximum atomic E-state index is 12.2. The zero-order chi connectivity index (χ0) is 18.9. The standard InChI is InChI=1S/C14H19N5O6/c1-5(20)10(23)8-13(25-4)16-11-9(19(8)7(3)22)12(24)18-14(17-11)15-6(2)21/h8,10,13,23H,1-4H3,(H3,15,16,17,18,21,24). The van der Waals surface area contributed by atoms with E-state index in [1.807, 2.05) is 0 Å². The van der Waals surface area contributed by atoms with Gasteiger partial charge in [0.1, 0.15) is 12.1 Å². The number of aromatic nitrogens is 2. The van der Waals surface area contributed by atoms with Crippen molar-refractivity contribution in [1.29, 1.82) is 0 Å². The molecular weight excluding hydrogens is 334 g/mol. The number of hydrogen-bond donors (Lipinski definition) is 4. The van der Waals surface area contributed by atoms with Gasteiger partial charge in [0.25, 0.3) is 0 Å². The van der Waals surface area contributed by atoms with Gasteiger partial charge in [0.15, 0.2) is 23.5 Å². The molecule has 1 aliphatic heterocycles. The molecule has 0 aliphatic carbocycles. The number of fused-ring (bicyclic) bond motifs is 1. The van der Waals surface area contributed by atoms with Gasteiger partial charge in [0.2, 0.25) is 23.6 Å². The van der Waals surface area contributed by atoms with Gasteiger partial charge < -0.3 is 20.3 Å². The Labute approximate surface area is 143 Å². The highest BCUT2D eigenvalue weighted by Gasteiger charge is 2.45. The number of Topliss-reactive ketones (excluding diaryl/α,β-unsaturated/α-hetero) is 1. The lowest BCUT2D eigenvalue weighted by Gasteiger charge is -2.42. The quantitative estimate of drug-likeness (QED) is 0.545. The summed E-state index contributed by atoms with van der Waals surface area (Å²) in [5.74, 6) is -2.39. The van der Waals surface area contributed by atoms with Gasteiger partial charge in [-0.2, -0.15) is 9.97 Å². The molecule has 11 nitrogen and oxygen atoms in total. The van der Waals surface area contributed by atoms with Crippen molar-refractivity contribution >= 4 is 35.1 Å². The average molecular weight is 353 g/mol. The number of hydrogen-bond acceptors (Lipinski definition) is 9. The second kappa shape index (κ2) is 6.99. The number of ether oxygens (including phenoxy) is 1. The Morgan fingerprint density at radius 1 is 1.28 bits per heavy atom. The number of methoxy groups -OCH3 is 1. The number of ketones is 1. The fourth-order valence-electron chi connectivity index (χ4n) is 2.60. The number of carbonyl (C=O) groups is 3. The Bertz CT molecular complexity index is 724. The van der Waals surface area contributed by atoms with Crippen LogP contribution in [0.3, 0.4) is 0 Å². The summed E-state index contributed by atoms with van der Waals surface area (Å²) >= 11 is 0. The molecule has 0 bridgehead atoms. The van der Waals surface area contributed by atoms with E-state index in [4.69, 9.17) is 4.74 Å². The van der Waals surface area contributed by atoms with Crippen molar-refractivity contribution in [3.05, 3.63) is 0 Å². The second-order valence-corrected chi connectivity index (χ2v) is 5.48. The SMILES string of the molecule is COC1Nc2nc(NC(C)=O)nc(O)c2N(C(C)=O)C1C(O)C(C)=O. The van der Waals surface area contributed by atoms with E-state index in [0.717, 1.165) is 4.90 Å². The minimum absolute atomic E-state index is 0.00491. The Morgan fingerprint density at radius 3 is 2.40 bits per heavy atom. The van der Waals surface area contributed by atoms with Crippen LogP contribution in [-0.2, 0) is 19.1 Å². The molecule has 11 heteroatoms. The summed E-state index contributed by atoms with van der Waals surface area (Å²) in [6, 6.07) is -1.14. The van der Waals surface area contributed by atoms with Crippen LogP contribution in [-0.4, -0.2) is 63.3 Å². The van der Waals surface area contributed by atoms with Gasteiger partial charge in [0.05, 0.1) is 0 Å². The van der Waals surface area contributed by atoms with Crippen LogP contribution in [0.1, 0.15) is 20.8 Å². The first-order valence-electron chi connectivity index (χ1n) is 7.33. The first kappa shape index (κ1) is 18.5. The monoisotopic (exact) mass is 353 g/mol. The molecule has 136 valence electrons. The lowest BCUT2D eigenvalue weighted by atomic mass is 10.0. The third-order valence-electron chi connectivity index (χ3n) is 3.61. The van der Waals surface area contributed by atoms with Crippen LogP contribution in [0, 0.1) is 0 Å². The topological polar surface area (TPSA) is 154 Å². The third-order valence-corrected chi connectivity index (χ3v) is 3.61. The molecule has 25 heavy (non-hydrogen) atoms. The molecule has 0 saturated heterocycles. The van der Waals surface area contributed by atoms with Crippen LogP contribution < -0.4 is 15.5 Å². The summed E-state index contributed by atoms with van der Waals surface area (Å²) in [5, 5.41) is 25.5. The number of anilines is 3. The predicted octanol–water partition coefficient (Wildman–Crippen LogP) is -0.790. The predicted molar refractivity (Wildman–Crippen MR) is 86.1 cm³/mol. The molecule has 2 rings (SSSR count). The van der Waals surface area contributed by atoms with Gasteiger partial charge in [-0.3, -0.25) is 24.6 Å². The zero-order valence-electron chi connectivity index (χ0n) is 14.1. The first-order valence-corrected chi connectivity index (χ1v) is 7.33. The van der Waals surface area contributed by atoms with E-state index >= 15 is 0 Å². The number of nitrogens with one attached hydrogen (secondary N) is 2. The molecule has 1 aromatic rings. The molecule has 0 aromatic carbocycles. The fraction of sp³-hybridized carbons (Fsp3) is 0.500. The number of nitrogens with zero attached hydrogens (tertiary/aromatic N) is 3. The average Bonchev–Trinajstić information content (AvgIpc) is 2.51. The lowest BCUT2D eigenvalue weighted by Crippen LogP contribution is -2.60. The van der Waals surface area contributed by atoms with E-state index in [9.17, 15) is 24.6 Å². The summed E-state index contributed by atoms with van der Waals surface area (Å²) in [6.45, 7) is 3.61. The molecule has 3 unspecified atom stereocenters. The van der Waals surface area contributed by atoms with E-state index in [1.54, 1.807) is 0 Å². The Kier molecular flexibility index (Phi) is 5.18. The summed E-state index contributed by atoms with van der Waals surface area (Å²) < 4.78 is 5.23. The van der Waals surface area contributed by atoms with Crippen molar-refractivity contribution < 1.29 is 29.3 Å². The van der Waals surface area contributed by atoms with Gasteiger partial charge in [-0.1, -0.05) is 0 Å². The van der Waals surface area contributed by atoms with E-state index in [2.05, 4.69) is 20.6 Å². The van der Waals surface area contributed by atoms with Crippen molar-refractivity contribution in [3.63, 3.8) is 0 Å². The van der Waals surface area contributed by atoms with Crippen LogP contribution in [0.25, 0.3) is 0 Å². The minimum atomic E-state index is -1.57. The summed E-state index contributed by atoms with van der Waals surface area (Å²) in [7, 11) is 1.32.